The van der Waals surface area contributed by atoms with Crippen LogP contribution in [0.3, 0.4) is 0 Å². The van der Waals surface area contributed by atoms with E-state index in [2.05, 4.69) is 32.7 Å². The lowest BCUT2D eigenvalue weighted by Gasteiger charge is -2.26. The van der Waals surface area contributed by atoms with Crippen LogP contribution in [-0.4, -0.2) is 46.3 Å². The number of carbonyl (C=O) groups excluding carboxylic acids is 1. The van der Waals surface area contributed by atoms with E-state index in [0.717, 1.165) is 11.8 Å². The molecule has 0 bridgehead atoms. The van der Waals surface area contributed by atoms with Crippen molar-refractivity contribution >= 4 is 23.2 Å². The first kappa shape index (κ1) is 21.1. The number of carbonyl (C=O) groups is 1. The molecule has 0 saturated heterocycles. The second-order valence-electron chi connectivity index (χ2n) is 6.80. The van der Waals surface area contributed by atoms with Gasteiger partial charge in [0.2, 0.25) is 18.1 Å². The summed E-state index contributed by atoms with van der Waals surface area (Å²) in [5.41, 5.74) is 4.88. The number of benzene rings is 1. The summed E-state index contributed by atoms with van der Waals surface area (Å²) in [4.78, 5) is 16.1. The largest absolute Gasteiger partial charge is 0.434 e. The SMILES string of the molecule is C=CC(=O)Nc1ccc(F)c(OC2=NC(Nc3cnn(CCOC)c3)Nn3cccc32)c1. The third-order valence-corrected chi connectivity index (χ3v) is 4.53. The number of ether oxygens (including phenoxy) is 2. The van der Waals surface area contributed by atoms with Gasteiger partial charge in [0, 0.05) is 31.3 Å². The number of aliphatic imine (C=N–C) groups is 1. The summed E-state index contributed by atoms with van der Waals surface area (Å²) < 4.78 is 28.8. The molecule has 166 valence electrons. The Bertz CT molecular complexity index is 1150. The molecule has 1 aliphatic heterocycles. The standard InChI is InChI=1S/C21H22FN7O3/c1-3-19(30)24-14-6-7-16(22)18(11-14)32-20-17-5-4-8-29(17)27-21(26-20)25-15-12-23-28(13-15)9-10-31-2/h3-8,11-13,21,25,27H,1,9-10H2,2H3,(H,24,30). The number of nitrogens with one attached hydrogen (secondary N) is 3. The second-order valence-corrected chi connectivity index (χ2v) is 6.80. The van der Waals surface area contributed by atoms with Crippen molar-refractivity contribution in [3.8, 4) is 5.75 Å². The van der Waals surface area contributed by atoms with Crippen LogP contribution in [-0.2, 0) is 16.1 Å². The van der Waals surface area contributed by atoms with Crippen molar-refractivity contribution in [3.05, 3.63) is 73.1 Å². The Morgan fingerprint density at radius 3 is 3.06 bits per heavy atom. The lowest BCUT2D eigenvalue weighted by molar-refractivity contribution is -0.111. The molecule has 0 saturated carbocycles. The van der Waals surface area contributed by atoms with Crippen LogP contribution >= 0.6 is 0 Å². The van der Waals surface area contributed by atoms with Gasteiger partial charge in [0.05, 0.1) is 25.0 Å². The predicted molar refractivity (Wildman–Crippen MR) is 118 cm³/mol. The minimum Gasteiger partial charge on any atom is -0.434 e. The summed E-state index contributed by atoms with van der Waals surface area (Å²) >= 11 is 0. The Morgan fingerprint density at radius 2 is 2.25 bits per heavy atom. The van der Waals surface area contributed by atoms with Gasteiger partial charge in [-0.05, 0) is 30.3 Å². The normalized spacial score (nSPS) is 14.7. The Labute approximate surface area is 183 Å². The van der Waals surface area contributed by atoms with Crippen LogP contribution in [0.4, 0.5) is 15.8 Å². The topological polar surface area (TPSA) is 107 Å². The average Bonchev–Trinajstić information content (AvgIpc) is 3.44. The van der Waals surface area contributed by atoms with Crippen LogP contribution in [0.5, 0.6) is 5.75 Å². The molecule has 4 rings (SSSR count). The van der Waals surface area contributed by atoms with Crippen LogP contribution in [0.1, 0.15) is 5.69 Å². The molecule has 11 heteroatoms. The smallest absolute Gasteiger partial charge is 0.247 e. The van der Waals surface area contributed by atoms with Crippen LogP contribution < -0.4 is 20.8 Å². The average molecular weight is 439 g/mol. The first-order valence-corrected chi connectivity index (χ1v) is 9.76. The van der Waals surface area contributed by atoms with Crippen molar-refractivity contribution in [3.63, 3.8) is 0 Å². The highest BCUT2D eigenvalue weighted by Crippen LogP contribution is 2.24. The number of anilines is 2. The summed E-state index contributed by atoms with van der Waals surface area (Å²) in [5, 5.41) is 10.0. The zero-order valence-corrected chi connectivity index (χ0v) is 17.3. The van der Waals surface area contributed by atoms with Crippen molar-refractivity contribution in [1.29, 1.82) is 0 Å². The van der Waals surface area contributed by atoms with E-state index in [4.69, 9.17) is 9.47 Å². The molecule has 32 heavy (non-hydrogen) atoms. The van der Waals surface area contributed by atoms with E-state index in [9.17, 15) is 9.18 Å². The van der Waals surface area contributed by atoms with Crippen molar-refractivity contribution in [2.24, 2.45) is 4.99 Å². The minimum absolute atomic E-state index is 0.0774. The van der Waals surface area contributed by atoms with Gasteiger partial charge in [-0.15, -0.1) is 0 Å². The van der Waals surface area contributed by atoms with Gasteiger partial charge in [-0.3, -0.25) is 19.6 Å². The van der Waals surface area contributed by atoms with E-state index in [-0.39, 0.29) is 11.6 Å². The van der Waals surface area contributed by atoms with Crippen molar-refractivity contribution in [2.75, 3.05) is 29.8 Å². The molecular formula is C21H22FN7O3. The zero-order chi connectivity index (χ0) is 22.5. The lowest BCUT2D eigenvalue weighted by atomic mass is 10.2. The Balaban J connectivity index is 1.55. The zero-order valence-electron chi connectivity index (χ0n) is 17.3. The fourth-order valence-corrected chi connectivity index (χ4v) is 3.01. The quantitative estimate of drug-likeness (QED) is 0.466. The van der Waals surface area contributed by atoms with E-state index in [1.165, 1.54) is 18.2 Å². The number of amides is 1. The van der Waals surface area contributed by atoms with Gasteiger partial charge in [0.25, 0.3) is 0 Å². The number of hydrogen-bond donors (Lipinski definition) is 3. The number of hydrogen-bond acceptors (Lipinski definition) is 7. The van der Waals surface area contributed by atoms with Gasteiger partial charge in [-0.25, -0.2) is 9.38 Å². The van der Waals surface area contributed by atoms with Gasteiger partial charge >= 0.3 is 0 Å². The molecule has 3 N–H and O–H groups in total. The summed E-state index contributed by atoms with van der Waals surface area (Å²) in [6.45, 7) is 4.57. The number of aromatic nitrogens is 3. The lowest BCUT2D eigenvalue weighted by Crippen LogP contribution is -2.40. The van der Waals surface area contributed by atoms with E-state index in [1.54, 1.807) is 34.9 Å². The molecule has 3 heterocycles. The molecule has 0 spiro atoms. The molecule has 3 aromatic rings. The minimum atomic E-state index is -0.600. The third-order valence-electron chi connectivity index (χ3n) is 4.53. The van der Waals surface area contributed by atoms with Gasteiger partial charge in [-0.1, -0.05) is 6.58 Å². The molecule has 1 aliphatic rings. The van der Waals surface area contributed by atoms with Gasteiger partial charge in [0.1, 0.15) is 5.69 Å². The molecule has 0 aliphatic carbocycles. The molecule has 0 radical (unpaired) electrons. The number of halogens is 1. The van der Waals surface area contributed by atoms with Crippen molar-refractivity contribution in [1.82, 2.24) is 14.5 Å². The Morgan fingerprint density at radius 1 is 1.38 bits per heavy atom. The summed E-state index contributed by atoms with van der Waals surface area (Å²) in [7, 11) is 1.63. The summed E-state index contributed by atoms with van der Waals surface area (Å²) in [6, 6.07) is 7.62. The maximum atomic E-state index is 14.4. The Kier molecular flexibility index (Phi) is 6.17. The monoisotopic (exact) mass is 439 g/mol. The predicted octanol–water partition coefficient (Wildman–Crippen LogP) is 2.37. The summed E-state index contributed by atoms with van der Waals surface area (Å²) in [5.74, 6) is -0.883. The molecule has 1 atom stereocenters. The van der Waals surface area contributed by atoms with Gasteiger partial charge < -0.3 is 20.1 Å². The van der Waals surface area contributed by atoms with E-state index in [1.807, 2.05) is 12.3 Å². The van der Waals surface area contributed by atoms with Gasteiger partial charge in [-0.2, -0.15) is 5.10 Å². The van der Waals surface area contributed by atoms with Crippen LogP contribution in [0.25, 0.3) is 0 Å². The molecule has 0 fully saturated rings. The van der Waals surface area contributed by atoms with Crippen LogP contribution in [0, 0.1) is 5.82 Å². The van der Waals surface area contributed by atoms with Crippen molar-refractivity contribution in [2.45, 2.75) is 12.8 Å². The molecular weight excluding hydrogens is 417 g/mol. The summed E-state index contributed by atoms with van der Waals surface area (Å²) in [6.07, 6.45) is 5.82. The maximum Gasteiger partial charge on any atom is 0.247 e. The number of nitrogens with zero attached hydrogens (tertiary/aromatic N) is 4. The first-order chi connectivity index (χ1) is 15.6. The fourth-order valence-electron chi connectivity index (χ4n) is 3.01. The molecule has 10 nitrogen and oxygen atoms in total. The van der Waals surface area contributed by atoms with E-state index in [0.29, 0.717) is 24.5 Å². The molecule has 1 amide bonds. The highest BCUT2D eigenvalue weighted by atomic mass is 19.1. The third kappa shape index (κ3) is 4.78. The molecule has 1 aromatic carbocycles. The number of rotatable bonds is 8. The Hall–Kier alpha value is -4.12. The maximum absolute atomic E-state index is 14.4. The van der Waals surface area contributed by atoms with E-state index >= 15 is 0 Å². The second kappa shape index (κ2) is 9.35. The van der Waals surface area contributed by atoms with Gasteiger partial charge in [0.15, 0.2) is 11.6 Å². The van der Waals surface area contributed by atoms with Crippen LogP contribution in [0.2, 0.25) is 0 Å². The number of methoxy groups -OCH3 is 1. The molecule has 2 aromatic heterocycles. The highest BCUT2D eigenvalue weighted by molar-refractivity contribution is 5.99. The fraction of sp³-hybridized carbons (Fsp3) is 0.190. The van der Waals surface area contributed by atoms with Crippen LogP contribution in [0.15, 0.2) is 66.6 Å². The number of fused-ring (bicyclic) bond motifs is 1. The van der Waals surface area contributed by atoms with Crippen molar-refractivity contribution < 1.29 is 18.7 Å². The highest BCUT2D eigenvalue weighted by Gasteiger charge is 2.23. The molecule has 1 unspecified atom stereocenters. The first-order valence-electron chi connectivity index (χ1n) is 9.76. The van der Waals surface area contributed by atoms with E-state index < -0.39 is 18.0 Å².